The molecule has 1 aliphatic carbocycles. The largest absolute Gasteiger partial charge is 0.451 e. The fourth-order valence-corrected chi connectivity index (χ4v) is 5.94. The minimum absolute atomic E-state index is 0.0102. The molecule has 0 radical (unpaired) electrons. The Balaban J connectivity index is 1.63. The predicted octanol–water partition coefficient (Wildman–Crippen LogP) is 6.18. The number of ketones is 1. The highest BCUT2D eigenvalue weighted by Crippen LogP contribution is 2.40. The van der Waals surface area contributed by atoms with Crippen LogP contribution in [0.4, 0.5) is 13.2 Å². The fraction of sp³-hybridized carbons (Fsp3) is 0.290. The van der Waals surface area contributed by atoms with Gasteiger partial charge in [-0.25, -0.2) is 22.0 Å². The first-order valence-corrected chi connectivity index (χ1v) is 15.5. The van der Waals surface area contributed by atoms with Crippen molar-refractivity contribution in [3.05, 3.63) is 106 Å². The Kier molecular flexibility index (Phi) is 10.8. The van der Waals surface area contributed by atoms with Crippen molar-refractivity contribution < 1.29 is 50.1 Å². The SMILES string of the molecule is Cc1cc(C(=O)OC2=CC(=O)C(OCc3ccccc3)CC2OCc2ccccc2)c(Cl)c(OC(F)C(F)F)c1S(C)(=O)=O. The van der Waals surface area contributed by atoms with Crippen molar-refractivity contribution in [1.82, 2.24) is 0 Å². The normalized spacial score (nSPS) is 17.7. The van der Waals surface area contributed by atoms with E-state index in [1.807, 2.05) is 60.7 Å². The Labute approximate surface area is 257 Å². The molecule has 0 N–H and O–H groups in total. The van der Waals surface area contributed by atoms with Gasteiger partial charge in [0.05, 0.1) is 23.8 Å². The van der Waals surface area contributed by atoms with E-state index in [2.05, 4.69) is 4.74 Å². The third-order valence-electron chi connectivity index (χ3n) is 6.53. The van der Waals surface area contributed by atoms with Gasteiger partial charge in [0.25, 0.3) is 6.36 Å². The molecular weight excluding hydrogens is 625 g/mol. The number of aryl methyl sites for hydroxylation is 1. The maximum absolute atomic E-state index is 13.9. The number of hydrogen-bond donors (Lipinski definition) is 0. The highest BCUT2D eigenvalue weighted by molar-refractivity contribution is 7.90. The van der Waals surface area contributed by atoms with E-state index in [0.717, 1.165) is 29.5 Å². The zero-order valence-electron chi connectivity index (χ0n) is 23.5. The zero-order valence-corrected chi connectivity index (χ0v) is 25.1. The van der Waals surface area contributed by atoms with Crippen molar-refractivity contribution in [3.63, 3.8) is 0 Å². The van der Waals surface area contributed by atoms with E-state index in [0.29, 0.717) is 0 Å². The van der Waals surface area contributed by atoms with E-state index in [1.165, 1.54) is 6.92 Å². The maximum atomic E-state index is 13.9. The van der Waals surface area contributed by atoms with Crippen molar-refractivity contribution in [3.8, 4) is 5.75 Å². The van der Waals surface area contributed by atoms with Crippen LogP contribution in [0.2, 0.25) is 5.02 Å². The van der Waals surface area contributed by atoms with Crippen LogP contribution in [0, 0.1) is 6.92 Å². The topological polar surface area (TPSA) is 105 Å². The quantitative estimate of drug-likeness (QED) is 0.214. The van der Waals surface area contributed by atoms with E-state index in [1.54, 1.807) is 0 Å². The lowest BCUT2D eigenvalue weighted by Gasteiger charge is -2.28. The lowest BCUT2D eigenvalue weighted by molar-refractivity contribution is -0.132. The molecule has 13 heteroatoms. The molecule has 8 nitrogen and oxygen atoms in total. The second-order valence-electron chi connectivity index (χ2n) is 9.93. The first kappa shape index (κ1) is 33.2. The monoisotopic (exact) mass is 652 g/mol. The van der Waals surface area contributed by atoms with E-state index >= 15 is 0 Å². The van der Waals surface area contributed by atoms with E-state index in [-0.39, 0.29) is 31.0 Å². The van der Waals surface area contributed by atoms with Gasteiger partial charge >= 0.3 is 12.4 Å². The average Bonchev–Trinajstić information content (AvgIpc) is 2.98. The predicted molar refractivity (Wildman–Crippen MR) is 154 cm³/mol. The van der Waals surface area contributed by atoms with Crippen LogP contribution in [0.15, 0.2) is 83.5 Å². The fourth-order valence-electron chi connectivity index (χ4n) is 4.48. The molecule has 0 saturated carbocycles. The maximum Gasteiger partial charge on any atom is 0.344 e. The Hall–Kier alpha value is -3.71. The lowest BCUT2D eigenvalue weighted by Crippen LogP contribution is -2.36. The van der Waals surface area contributed by atoms with E-state index < -0.39 is 67.8 Å². The molecule has 3 unspecified atom stereocenters. The molecular formula is C31H28ClF3O8S. The summed E-state index contributed by atoms with van der Waals surface area (Å²) < 4.78 is 86.5. The molecule has 0 heterocycles. The standard InChI is InChI=1S/C31H28ClF3O8S/c1-18-13-21(26(32)27(28(18)44(2,38)39)43-30(35)29(33)34)31(37)42-25-14-22(36)23(40-16-19-9-5-3-6-10-19)15-24(25)41-17-20-11-7-4-8-12-20/h3-14,23-24,29-30H,15-17H2,1-2H3. The molecule has 3 aromatic rings. The number of sulfone groups is 1. The third kappa shape index (κ3) is 8.26. The van der Waals surface area contributed by atoms with Crippen molar-refractivity contribution >= 4 is 33.2 Å². The molecule has 1 aliphatic rings. The summed E-state index contributed by atoms with van der Waals surface area (Å²) in [7, 11) is -4.17. The van der Waals surface area contributed by atoms with Gasteiger partial charge in [0.1, 0.15) is 22.9 Å². The van der Waals surface area contributed by atoms with Crippen molar-refractivity contribution in [1.29, 1.82) is 0 Å². The molecule has 4 rings (SSSR count). The van der Waals surface area contributed by atoms with E-state index in [4.69, 9.17) is 25.8 Å². The minimum atomic E-state index is -4.17. The molecule has 44 heavy (non-hydrogen) atoms. The van der Waals surface area contributed by atoms with Crippen LogP contribution in [-0.2, 0) is 42.1 Å². The van der Waals surface area contributed by atoms with Gasteiger partial charge in [-0.05, 0) is 29.7 Å². The number of hydrogen-bond acceptors (Lipinski definition) is 8. The summed E-state index contributed by atoms with van der Waals surface area (Å²) in [5.74, 6) is -2.84. The first-order chi connectivity index (χ1) is 20.8. The Morgan fingerprint density at radius 2 is 1.50 bits per heavy atom. The van der Waals surface area contributed by atoms with Crippen LogP contribution in [0.3, 0.4) is 0 Å². The Bertz CT molecular complexity index is 1630. The van der Waals surface area contributed by atoms with Gasteiger partial charge < -0.3 is 18.9 Å². The summed E-state index contributed by atoms with van der Waals surface area (Å²) >= 11 is 6.24. The lowest BCUT2D eigenvalue weighted by atomic mass is 9.98. The molecule has 0 saturated heterocycles. The number of carbonyl (C=O) groups excluding carboxylic acids is 2. The van der Waals surface area contributed by atoms with Crippen molar-refractivity contribution in [2.75, 3.05) is 6.26 Å². The van der Waals surface area contributed by atoms with Gasteiger partial charge in [-0.2, -0.15) is 4.39 Å². The summed E-state index contributed by atoms with van der Waals surface area (Å²) in [6.07, 6.45) is -6.94. The number of carbonyl (C=O) groups is 2. The van der Waals surface area contributed by atoms with Gasteiger partial charge in [-0.15, -0.1) is 0 Å². The first-order valence-electron chi connectivity index (χ1n) is 13.3. The average molecular weight is 653 g/mol. The Morgan fingerprint density at radius 1 is 0.955 bits per heavy atom. The number of benzene rings is 3. The number of esters is 1. The van der Waals surface area contributed by atoms with Crippen LogP contribution >= 0.6 is 11.6 Å². The van der Waals surface area contributed by atoms with Crippen LogP contribution in [0.1, 0.15) is 33.5 Å². The third-order valence-corrected chi connectivity index (χ3v) is 8.15. The molecule has 0 bridgehead atoms. The second kappa shape index (κ2) is 14.4. The van der Waals surface area contributed by atoms with Crippen molar-refractivity contribution in [2.45, 2.75) is 56.4 Å². The molecule has 3 aromatic carbocycles. The Morgan fingerprint density at radius 3 is 2.02 bits per heavy atom. The van der Waals surface area contributed by atoms with E-state index in [9.17, 15) is 31.2 Å². The molecule has 234 valence electrons. The van der Waals surface area contributed by atoms with Gasteiger partial charge in [-0.3, -0.25) is 4.79 Å². The van der Waals surface area contributed by atoms with Gasteiger partial charge in [0, 0.05) is 18.8 Å². The molecule has 0 aliphatic heterocycles. The van der Waals surface area contributed by atoms with Crippen molar-refractivity contribution in [2.24, 2.45) is 0 Å². The summed E-state index contributed by atoms with van der Waals surface area (Å²) in [6, 6.07) is 19.3. The van der Waals surface area contributed by atoms with Crippen LogP contribution < -0.4 is 4.74 Å². The van der Waals surface area contributed by atoms with Gasteiger partial charge in [-0.1, -0.05) is 72.3 Å². The zero-order chi connectivity index (χ0) is 32.0. The highest BCUT2D eigenvalue weighted by Gasteiger charge is 2.36. The van der Waals surface area contributed by atoms with Crippen LogP contribution in [0.5, 0.6) is 5.75 Å². The smallest absolute Gasteiger partial charge is 0.344 e. The number of alkyl halides is 3. The van der Waals surface area contributed by atoms with Gasteiger partial charge in [0.15, 0.2) is 21.4 Å². The van der Waals surface area contributed by atoms with Gasteiger partial charge in [0.2, 0.25) is 0 Å². The molecule has 0 spiro atoms. The summed E-state index contributed by atoms with van der Waals surface area (Å²) in [5.41, 5.74) is 0.991. The second-order valence-corrected chi connectivity index (χ2v) is 12.3. The highest BCUT2D eigenvalue weighted by atomic mass is 35.5. The minimum Gasteiger partial charge on any atom is -0.451 e. The summed E-state index contributed by atoms with van der Waals surface area (Å²) in [6.45, 7) is 1.48. The molecule has 0 fully saturated rings. The molecule has 0 amide bonds. The number of ether oxygens (including phenoxy) is 4. The van der Waals surface area contributed by atoms with Crippen LogP contribution in [-0.4, -0.2) is 51.4 Å². The van der Waals surface area contributed by atoms with Crippen LogP contribution in [0.25, 0.3) is 0 Å². The molecule has 3 atom stereocenters. The summed E-state index contributed by atoms with van der Waals surface area (Å²) in [5, 5.41) is -0.766. The molecule has 0 aromatic heterocycles. The summed E-state index contributed by atoms with van der Waals surface area (Å²) in [4.78, 5) is 25.7. The number of halogens is 4. The number of rotatable bonds is 12.